The third-order valence-corrected chi connectivity index (χ3v) is 4.33. The Balaban J connectivity index is 1.65. The van der Waals surface area contributed by atoms with Crippen LogP contribution in [0.3, 0.4) is 0 Å². The van der Waals surface area contributed by atoms with Gasteiger partial charge in [-0.15, -0.1) is 6.42 Å². The van der Waals surface area contributed by atoms with Crippen molar-refractivity contribution < 1.29 is 0 Å². The van der Waals surface area contributed by atoms with E-state index in [0.29, 0.717) is 13.2 Å². The second-order valence-corrected chi connectivity index (χ2v) is 5.86. The lowest BCUT2D eigenvalue weighted by Gasteiger charge is -2.29. The zero-order valence-corrected chi connectivity index (χ0v) is 13.6. The van der Waals surface area contributed by atoms with Crippen molar-refractivity contribution in [2.24, 2.45) is 9.98 Å². The highest BCUT2D eigenvalue weighted by molar-refractivity contribution is 6.29. The Bertz CT molecular complexity index is 926. The van der Waals surface area contributed by atoms with Crippen LogP contribution in [0.25, 0.3) is 0 Å². The first-order valence-electron chi connectivity index (χ1n) is 8.06. The van der Waals surface area contributed by atoms with Gasteiger partial charge in [-0.05, 0) is 23.8 Å². The molecule has 25 heavy (non-hydrogen) atoms. The van der Waals surface area contributed by atoms with Crippen molar-refractivity contribution in [2.75, 3.05) is 6.67 Å². The van der Waals surface area contributed by atoms with Crippen molar-refractivity contribution in [3.8, 4) is 12.3 Å². The smallest absolute Gasteiger partial charge is 0.145 e. The maximum atomic E-state index is 5.87. The molecule has 1 aliphatic heterocycles. The fourth-order valence-electron chi connectivity index (χ4n) is 2.97. The molecule has 2 heterocycles. The number of rotatable bonds is 3. The average molecular weight is 327 g/mol. The first kappa shape index (κ1) is 15.2. The Morgan fingerprint density at radius 2 is 2.12 bits per heavy atom. The molecule has 1 atom stereocenters. The quantitative estimate of drug-likeness (QED) is 0.880. The summed E-state index contributed by atoms with van der Waals surface area (Å²) in [4.78, 5) is 13.1. The van der Waals surface area contributed by atoms with Gasteiger partial charge in [0.2, 0.25) is 0 Å². The number of nitrogens with one attached hydrogen (secondary N) is 1. The van der Waals surface area contributed by atoms with E-state index >= 15 is 0 Å². The van der Waals surface area contributed by atoms with Crippen molar-refractivity contribution in [3.05, 3.63) is 78.4 Å². The van der Waals surface area contributed by atoms with E-state index in [0.717, 1.165) is 17.1 Å². The molecule has 1 aromatic heterocycles. The summed E-state index contributed by atoms with van der Waals surface area (Å²) in [5.74, 6) is 3.69. The molecule has 1 N–H and O–H groups in total. The number of fused-ring (bicyclic) bond motifs is 1. The minimum atomic E-state index is -0.697. The summed E-state index contributed by atoms with van der Waals surface area (Å²) < 4.78 is 1.90. The fraction of sp³-hybridized carbons (Fsp3) is 0.150. The number of nitrogens with zero attached hydrogens (tertiary/aromatic N) is 4. The topological polar surface area (TPSA) is 54.6 Å². The van der Waals surface area contributed by atoms with E-state index in [4.69, 9.17) is 6.42 Å². The van der Waals surface area contributed by atoms with Gasteiger partial charge in [-0.1, -0.05) is 36.3 Å². The van der Waals surface area contributed by atoms with Gasteiger partial charge >= 0.3 is 0 Å². The summed E-state index contributed by atoms with van der Waals surface area (Å²) >= 11 is 0. The normalized spacial score (nSPS) is 21.5. The molecule has 1 aromatic carbocycles. The lowest BCUT2D eigenvalue weighted by atomic mass is 9.88. The van der Waals surface area contributed by atoms with Gasteiger partial charge in [0.05, 0.1) is 12.0 Å². The fourth-order valence-corrected chi connectivity index (χ4v) is 2.97. The first-order chi connectivity index (χ1) is 12.3. The Labute approximate surface area is 146 Å². The van der Waals surface area contributed by atoms with Gasteiger partial charge < -0.3 is 9.88 Å². The highest BCUT2D eigenvalue weighted by Gasteiger charge is 2.31. The molecule has 0 saturated heterocycles. The van der Waals surface area contributed by atoms with Crippen LogP contribution in [-0.4, -0.2) is 27.8 Å². The molecule has 4 rings (SSSR count). The number of hydrogen-bond acceptors (Lipinski definition) is 4. The standard InChI is InChI=1S/C20H17N5/c1-2-20(25-11-10-21-15-25)9-8-18-17(12-20)19(24-14-23-18)22-13-16-6-4-3-5-7-16/h1,3-12,15H,13-14H2,(H,22,24). The Hall–Kier alpha value is -3.39. The number of allylic oxidation sites excluding steroid dienone is 3. The van der Waals surface area contributed by atoms with E-state index in [1.165, 1.54) is 5.56 Å². The molecule has 5 heteroatoms. The van der Waals surface area contributed by atoms with E-state index in [1.807, 2.05) is 47.2 Å². The van der Waals surface area contributed by atoms with Gasteiger partial charge in [0.1, 0.15) is 18.0 Å². The van der Waals surface area contributed by atoms with Crippen LogP contribution in [0.5, 0.6) is 0 Å². The molecule has 0 fully saturated rings. The monoisotopic (exact) mass is 327 g/mol. The molecule has 1 unspecified atom stereocenters. The maximum absolute atomic E-state index is 5.87. The number of terminal acetylenes is 1. The Morgan fingerprint density at radius 3 is 2.88 bits per heavy atom. The third-order valence-electron chi connectivity index (χ3n) is 4.33. The van der Waals surface area contributed by atoms with Crippen LogP contribution in [-0.2, 0) is 12.1 Å². The lowest BCUT2D eigenvalue weighted by molar-refractivity contribution is 0.594. The number of imidazole rings is 1. The summed E-state index contributed by atoms with van der Waals surface area (Å²) in [6.45, 7) is 1.12. The predicted molar refractivity (Wildman–Crippen MR) is 99.3 cm³/mol. The van der Waals surface area contributed by atoms with Crippen LogP contribution < -0.4 is 5.32 Å². The van der Waals surface area contributed by atoms with Crippen molar-refractivity contribution in [3.63, 3.8) is 0 Å². The van der Waals surface area contributed by atoms with Crippen LogP contribution in [0.15, 0.2) is 82.8 Å². The van der Waals surface area contributed by atoms with Crippen LogP contribution >= 0.6 is 0 Å². The van der Waals surface area contributed by atoms with Gasteiger partial charge in [-0.3, -0.25) is 4.99 Å². The van der Waals surface area contributed by atoms with Gasteiger partial charge in [0.25, 0.3) is 0 Å². The average Bonchev–Trinajstić information content (AvgIpc) is 3.22. The van der Waals surface area contributed by atoms with E-state index in [2.05, 4.69) is 38.3 Å². The minimum absolute atomic E-state index is 0.419. The highest BCUT2D eigenvalue weighted by atomic mass is 15.1. The van der Waals surface area contributed by atoms with Gasteiger partial charge in [0, 0.05) is 24.5 Å². The number of benzene rings is 1. The van der Waals surface area contributed by atoms with Crippen LogP contribution in [0.4, 0.5) is 0 Å². The zero-order chi connectivity index (χ0) is 17.1. The van der Waals surface area contributed by atoms with E-state index in [-0.39, 0.29) is 0 Å². The van der Waals surface area contributed by atoms with E-state index in [1.54, 1.807) is 12.5 Å². The molecule has 0 radical (unpaired) electrons. The predicted octanol–water partition coefficient (Wildman–Crippen LogP) is 2.31. The Kier molecular flexibility index (Phi) is 3.79. The molecular formula is C20H17N5. The van der Waals surface area contributed by atoms with E-state index < -0.39 is 5.54 Å². The summed E-state index contributed by atoms with van der Waals surface area (Å²) in [6, 6.07) is 10.2. The van der Waals surface area contributed by atoms with Gasteiger partial charge in [-0.25, -0.2) is 9.98 Å². The van der Waals surface area contributed by atoms with Crippen molar-refractivity contribution in [1.29, 1.82) is 0 Å². The number of amidine groups is 1. The number of aliphatic imine (C=N–C) groups is 2. The second-order valence-electron chi connectivity index (χ2n) is 5.86. The SMILES string of the molecule is C#CC1(n2ccnc2)C=CC2=NCN=C(NCc3ccccc3)C2=C1. The van der Waals surface area contributed by atoms with Crippen molar-refractivity contribution in [2.45, 2.75) is 12.1 Å². The van der Waals surface area contributed by atoms with E-state index in [9.17, 15) is 0 Å². The lowest BCUT2D eigenvalue weighted by Crippen LogP contribution is -2.37. The molecule has 2 aliphatic rings. The summed E-state index contributed by atoms with van der Waals surface area (Å²) in [5, 5.41) is 3.42. The van der Waals surface area contributed by atoms with Crippen molar-refractivity contribution in [1.82, 2.24) is 14.9 Å². The second kappa shape index (κ2) is 6.25. The Morgan fingerprint density at radius 1 is 1.24 bits per heavy atom. The molecule has 122 valence electrons. The molecule has 2 aromatic rings. The molecule has 0 bridgehead atoms. The highest BCUT2D eigenvalue weighted by Crippen LogP contribution is 2.27. The van der Waals surface area contributed by atoms with Crippen LogP contribution in [0.1, 0.15) is 5.56 Å². The maximum Gasteiger partial charge on any atom is 0.145 e. The van der Waals surface area contributed by atoms with Crippen LogP contribution in [0, 0.1) is 12.3 Å². The molecular weight excluding hydrogens is 310 g/mol. The number of hydrogen-bond donors (Lipinski definition) is 1. The van der Waals surface area contributed by atoms with Gasteiger partial charge in [0.15, 0.2) is 0 Å². The first-order valence-corrected chi connectivity index (χ1v) is 8.06. The van der Waals surface area contributed by atoms with Crippen molar-refractivity contribution >= 4 is 11.5 Å². The third kappa shape index (κ3) is 2.79. The molecule has 1 aliphatic carbocycles. The molecule has 5 nitrogen and oxygen atoms in total. The van der Waals surface area contributed by atoms with Gasteiger partial charge in [-0.2, -0.15) is 0 Å². The minimum Gasteiger partial charge on any atom is -0.366 e. The summed E-state index contributed by atoms with van der Waals surface area (Å²) in [7, 11) is 0. The molecule has 0 spiro atoms. The summed E-state index contributed by atoms with van der Waals surface area (Å²) in [5.41, 5.74) is 2.32. The largest absolute Gasteiger partial charge is 0.366 e. The zero-order valence-electron chi connectivity index (χ0n) is 13.6. The molecule has 0 amide bonds. The number of aromatic nitrogens is 2. The molecule has 0 saturated carbocycles. The summed E-state index contributed by atoms with van der Waals surface area (Å²) in [6.07, 6.45) is 17.1. The van der Waals surface area contributed by atoms with Crippen LogP contribution in [0.2, 0.25) is 0 Å².